The molecule has 178 valence electrons. The van der Waals surface area contributed by atoms with Crippen molar-refractivity contribution < 1.29 is 0 Å². The third kappa shape index (κ3) is 4.98. The fourth-order valence-corrected chi connectivity index (χ4v) is 4.74. The number of pyridine rings is 1. The number of likely N-dealkylation sites (N-methyl/N-ethyl adjacent to an activating group) is 1. The van der Waals surface area contributed by atoms with E-state index in [0.717, 1.165) is 50.6 Å². The molecule has 0 spiro atoms. The van der Waals surface area contributed by atoms with E-state index in [1.54, 1.807) is 11.3 Å². The average molecular weight is 482 g/mol. The Hall–Kier alpha value is -3.90. The summed E-state index contributed by atoms with van der Waals surface area (Å²) < 4.78 is 0. The second kappa shape index (κ2) is 10.6. The molecule has 4 heterocycles. The zero-order chi connectivity index (χ0) is 24.9. The van der Waals surface area contributed by atoms with E-state index in [1.807, 2.05) is 57.1 Å². The van der Waals surface area contributed by atoms with Crippen molar-refractivity contribution in [1.29, 1.82) is 0 Å². The second-order valence-electron chi connectivity index (χ2n) is 8.38. The number of aryl methyl sites for hydroxylation is 1. The van der Waals surface area contributed by atoms with Gasteiger partial charge in [-0.25, -0.2) is 4.98 Å². The first-order valence-electron chi connectivity index (χ1n) is 11.6. The third-order valence-corrected chi connectivity index (χ3v) is 6.75. The fraction of sp³-hybridized carbons (Fsp3) is 0.172. The summed E-state index contributed by atoms with van der Waals surface area (Å²) in [4.78, 5) is 11.8. The molecule has 4 rings (SSSR count). The van der Waals surface area contributed by atoms with Gasteiger partial charge in [-0.15, -0.1) is 11.3 Å². The summed E-state index contributed by atoms with van der Waals surface area (Å²) in [7, 11) is 4.01. The predicted molar refractivity (Wildman–Crippen MR) is 150 cm³/mol. The summed E-state index contributed by atoms with van der Waals surface area (Å²) in [6.07, 6.45) is 12.3. The van der Waals surface area contributed by atoms with Crippen LogP contribution >= 0.6 is 11.3 Å². The Morgan fingerprint density at radius 3 is 2.66 bits per heavy atom. The first kappa shape index (κ1) is 24.2. The Morgan fingerprint density at radius 1 is 1.17 bits per heavy atom. The lowest BCUT2D eigenvalue weighted by atomic mass is 10.0. The minimum atomic E-state index is 0.809. The summed E-state index contributed by atoms with van der Waals surface area (Å²) in [5, 5.41) is 9.88. The van der Waals surface area contributed by atoms with Crippen LogP contribution in [0, 0.1) is 6.92 Å². The van der Waals surface area contributed by atoms with Crippen LogP contribution in [-0.2, 0) is 0 Å². The molecule has 35 heavy (non-hydrogen) atoms. The predicted octanol–water partition coefficient (Wildman–Crippen LogP) is 7.37. The van der Waals surface area contributed by atoms with E-state index in [0.29, 0.717) is 0 Å². The number of aromatic nitrogens is 4. The fourth-order valence-electron chi connectivity index (χ4n) is 3.98. The highest BCUT2D eigenvalue weighted by Crippen LogP contribution is 2.34. The quantitative estimate of drug-likeness (QED) is 0.258. The molecule has 0 aliphatic carbocycles. The first-order chi connectivity index (χ1) is 17.0. The van der Waals surface area contributed by atoms with E-state index in [9.17, 15) is 0 Å². The third-order valence-electron chi connectivity index (χ3n) is 5.85. The zero-order valence-electron chi connectivity index (χ0n) is 20.9. The van der Waals surface area contributed by atoms with Crippen LogP contribution in [0.5, 0.6) is 0 Å². The molecule has 0 atom stereocenters. The number of nitrogens with one attached hydrogen (secondary N) is 2. The van der Waals surface area contributed by atoms with Crippen LogP contribution < -0.4 is 0 Å². The van der Waals surface area contributed by atoms with Gasteiger partial charge in [0.15, 0.2) is 0 Å². The minimum Gasteiger partial charge on any atom is -0.378 e. The summed E-state index contributed by atoms with van der Waals surface area (Å²) in [6, 6.07) is 10.5. The van der Waals surface area contributed by atoms with Gasteiger partial charge >= 0.3 is 0 Å². The van der Waals surface area contributed by atoms with Crippen molar-refractivity contribution in [2.75, 3.05) is 14.1 Å². The van der Waals surface area contributed by atoms with Gasteiger partial charge in [-0.05, 0) is 68.1 Å². The van der Waals surface area contributed by atoms with Gasteiger partial charge < -0.3 is 9.88 Å². The van der Waals surface area contributed by atoms with Crippen molar-refractivity contribution in [1.82, 2.24) is 25.1 Å². The van der Waals surface area contributed by atoms with Crippen molar-refractivity contribution in [3.8, 4) is 11.4 Å². The molecule has 4 aromatic rings. The smallest absolute Gasteiger partial charge is 0.135 e. The highest BCUT2D eigenvalue weighted by molar-refractivity contribution is 7.11. The van der Waals surface area contributed by atoms with Crippen molar-refractivity contribution in [3.05, 3.63) is 106 Å². The number of fused-ring (bicyclic) bond motifs is 1. The lowest BCUT2D eigenvalue weighted by Crippen LogP contribution is -2.09. The van der Waals surface area contributed by atoms with Crippen LogP contribution in [0.25, 0.3) is 33.6 Å². The molecule has 0 aliphatic heterocycles. The number of thiophene rings is 1. The number of allylic oxidation sites excluding steroid dienone is 7. The second-order valence-corrected chi connectivity index (χ2v) is 9.33. The van der Waals surface area contributed by atoms with Gasteiger partial charge in [0.2, 0.25) is 0 Å². The molecule has 0 unspecified atom stereocenters. The Balaban J connectivity index is 1.80. The lowest BCUT2D eigenvalue weighted by Gasteiger charge is -2.14. The molecule has 0 bridgehead atoms. The molecule has 5 nitrogen and oxygen atoms in total. The molecule has 0 saturated carbocycles. The van der Waals surface area contributed by atoms with Crippen LogP contribution in [0.1, 0.15) is 35.7 Å². The molecule has 0 amide bonds. The normalized spacial score (nSPS) is 13.2. The number of rotatable bonds is 8. The Morgan fingerprint density at radius 2 is 2.00 bits per heavy atom. The highest BCUT2D eigenvalue weighted by Gasteiger charge is 2.17. The summed E-state index contributed by atoms with van der Waals surface area (Å²) in [5.74, 6) is 0. The van der Waals surface area contributed by atoms with Gasteiger partial charge in [0.1, 0.15) is 11.2 Å². The molecule has 6 heteroatoms. The monoisotopic (exact) mass is 481 g/mol. The minimum absolute atomic E-state index is 0.809. The maximum Gasteiger partial charge on any atom is 0.135 e. The number of aromatic amines is 2. The SMILES string of the molecule is C=C/C(=C\C(=C/C)c1ccc2[nH]nc(-c3cc(/C(=C\C=C/C)c4cccs4)c(C)[nH]3)c2n1)N(C)C. The van der Waals surface area contributed by atoms with Gasteiger partial charge in [-0.2, -0.15) is 5.10 Å². The van der Waals surface area contributed by atoms with Gasteiger partial charge in [0.05, 0.1) is 16.9 Å². The first-order valence-corrected chi connectivity index (χ1v) is 12.4. The average Bonchev–Trinajstić information content (AvgIpc) is 3.60. The molecule has 0 aromatic carbocycles. The van der Waals surface area contributed by atoms with Crippen molar-refractivity contribution in [2.24, 2.45) is 0 Å². The molecule has 0 radical (unpaired) electrons. The van der Waals surface area contributed by atoms with Crippen molar-refractivity contribution >= 4 is 33.5 Å². The van der Waals surface area contributed by atoms with E-state index in [-0.39, 0.29) is 0 Å². The largest absolute Gasteiger partial charge is 0.378 e. The molecule has 0 fully saturated rings. The maximum absolute atomic E-state index is 5.01. The molecule has 0 saturated heterocycles. The van der Waals surface area contributed by atoms with E-state index in [4.69, 9.17) is 4.98 Å². The topological polar surface area (TPSA) is 60.6 Å². The summed E-state index contributed by atoms with van der Waals surface area (Å²) in [5.41, 5.74) is 9.86. The maximum atomic E-state index is 5.01. The number of nitrogens with zero attached hydrogens (tertiary/aromatic N) is 3. The summed E-state index contributed by atoms with van der Waals surface area (Å²) in [6.45, 7) is 10.1. The van der Waals surface area contributed by atoms with Crippen molar-refractivity contribution in [3.63, 3.8) is 0 Å². The van der Waals surface area contributed by atoms with Crippen LogP contribution in [0.15, 0.2) is 84.4 Å². The zero-order valence-corrected chi connectivity index (χ0v) is 21.7. The van der Waals surface area contributed by atoms with E-state index in [2.05, 4.69) is 76.6 Å². The van der Waals surface area contributed by atoms with Crippen molar-refractivity contribution in [2.45, 2.75) is 20.8 Å². The van der Waals surface area contributed by atoms with Crippen LogP contribution in [0.3, 0.4) is 0 Å². The van der Waals surface area contributed by atoms with Gasteiger partial charge in [0.25, 0.3) is 0 Å². The van der Waals surface area contributed by atoms with E-state index in [1.165, 1.54) is 10.5 Å². The Labute approximate surface area is 210 Å². The lowest BCUT2D eigenvalue weighted by molar-refractivity contribution is 0.530. The van der Waals surface area contributed by atoms with Crippen LogP contribution in [0.4, 0.5) is 0 Å². The van der Waals surface area contributed by atoms with Gasteiger partial charge in [-0.1, -0.05) is 36.9 Å². The van der Waals surface area contributed by atoms with E-state index >= 15 is 0 Å². The molecule has 4 aromatic heterocycles. The molecular weight excluding hydrogens is 450 g/mol. The number of H-pyrrole nitrogens is 2. The van der Waals surface area contributed by atoms with Crippen LogP contribution in [-0.4, -0.2) is 39.2 Å². The molecule has 2 N–H and O–H groups in total. The van der Waals surface area contributed by atoms with Gasteiger partial charge in [0, 0.05) is 41.5 Å². The standard InChI is InChI=1S/C29H31N5S/c1-7-10-12-22(27-13-11-16-35-27)23-18-26(30-19(23)4)29-28-25(32-33-29)15-14-24(31-28)20(8-2)17-21(9-3)34(5)6/h7-18,30H,3H2,1-2,4-6H3,(H,32,33)/b10-7-,20-8+,21-17+,22-12+. The highest BCUT2D eigenvalue weighted by atomic mass is 32.1. The summed E-state index contributed by atoms with van der Waals surface area (Å²) >= 11 is 1.74. The molecule has 0 aliphatic rings. The Kier molecular flexibility index (Phi) is 7.32. The number of hydrogen-bond donors (Lipinski definition) is 2. The van der Waals surface area contributed by atoms with E-state index < -0.39 is 0 Å². The number of hydrogen-bond acceptors (Lipinski definition) is 4. The Bertz CT molecular complexity index is 1460. The van der Waals surface area contributed by atoms with Gasteiger partial charge in [-0.3, -0.25) is 5.10 Å². The van der Waals surface area contributed by atoms with Crippen LogP contribution in [0.2, 0.25) is 0 Å². The molecular formula is C29H31N5S.